The molecule has 3 aliphatic rings. The molecule has 172 valence electrons. The number of nitrogens with zero attached hydrogens (tertiary/aromatic N) is 3. The number of sulfonamides is 1. The van der Waals surface area contributed by atoms with E-state index in [1.807, 2.05) is 6.07 Å². The quantitative estimate of drug-likeness (QED) is 0.758. The summed E-state index contributed by atoms with van der Waals surface area (Å²) in [6, 6.07) is 8.81. The highest BCUT2D eigenvalue weighted by molar-refractivity contribution is 7.92. The van der Waals surface area contributed by atoms with Gasteiger partial charge in [-0.2, -0.15) is 0 Å². The first kappa shape index (κ1) is 21.6. The molecule has 1 aromatic heterocycles. The van der Waals surface area contributed by atoms with Crippen molar-refractivity contribution in [1.29, 1.82) is 0 Å². The third-order valence-electron chi connectivity index (χ3n) is 7.19. The zero-order valence-electron chi connectivity index (χ0n) is 18.2. The third kappa shape index (κ3) is 4.09. The molecule has 1 N–H and O–H groups in total. The van der Waals surface area contributed by atoms with E-state index in [4.69, 9.17) is 0 Å². The maximum atomic E-state index is 13.5. The van der Waals surface area contributed by atoms with Crippen molar-refractivity contribution >= 4 is 15.7 Å². The summed E-state index contributed by atoms with van der Waals surface area (Å²) in [5, 5.41) is 0. The van der Waals surface area contributed by atoms with Gasteiger partial charge in [0, 0.05) is 37.3 Å². The molecule has 0 spiro atoms. The molecule has 0 saturated carbocycles. The van der Waals surface area contributed by atoms with Crippen molar-refractivity contribution in [3.05, 3.63) is 58.3 Å². The fourth-order valence-electron chi connectivity index (χ4n) is 5.56. The first-order chi connectivity index (χ1) is 15.3. The van der Waals surface area contributed by atoms with Gasteiger partial charge in [0.05, 0.1) is 4.90 Å². The van der Waals surface area contributed by atoms with Crippen molar-refractivity contribution in [2.45, 2.75) is 42.7 Å². The first-order valence-electron chi connectivity index (χ1n) is 11.2. The van der Waals surface area contributed by atoms with Gasteiger partial charge < -0.3 is 9.47 Å². The van der Waals surface area contributed by atoms with Crippen LogP contribution in [0.2, 0.25) is 0 Å². The van der Waals surface area contributed by atoms with E-state index in [1.165, 1.54) is 31.0 Å². The highest BCUT2D eigenvalue weighted by atomic mass is 32.2. The first-order valence-corrected chi connectivity index (χ1v) is 12.7. The van der Waals surface area contributed by atoms with Crippen molar-refractivity contribution in [2.75, 3.05) is 37.9 Å². The molecule has 1 aromatic carbocycles. The topological polar surface area (TPSA) is 74.7 Å². The van der Waals surface area contributed by atoms with Gasteiger partial charge in [0.2, 0.25) is 0 Å². The number of piperidine rings is 2. The molecule has 3 aliphatic heterocycles. The van der Waals surface area contributed by atoms with Gasteiger partial charge in [0.25, 0.3) is 15.6 Å². The van der Waals surface area contributed by atoms with E-state index in [0.29, 0.717) is 18.5 Å². The Morgan fingerprint density at radius 1 is 1.06 bits per heavy atom. The highest BCUT2D eigenvalue weighted by Gasteiger charge is 2.38. The lowest BCUT2D eigenvalue weighted by molar-refractivity contribution is 0.0517. The van der Waals surface area contributed by atoms with Crippen LogP contribution >= 0.6 is 0 Å². The van der Waals surface area contributed by atoms with Crippen LogP contribution in [0.1, 0.15) is 30.9 Å². The molecule has 2 saturated heterocycles. The van der Waals surface area contributed by atoms with Crippen LogP contribution in [0.5, 0.6) is 0 Å². The monoisotopic (exact) mass is 460 g/mol. The Morgan fingerprint density at radius 3 is 2.59 bits per heavy atom. The van der Waals surface area contributed by atoms with Gasteiger partial charge in [-0.3, -0.25) is 14.4 Å². The van der Waals surface area contributed by atoms with E-state index >= 15 is 0 Å². The molecule has 0 unspecified atom stereocenters. The second kappa shape index (κ2) is 8.28. The molecule has 7 nitrogen and oxygen atoms in total. The number of hydrogen-bond donors (Lipinski definition) is 1. The maximum absolute atomic E-state index is 13.5. The van der Waals surface area contributed by atoms with Gasteiger partial charge >= 0.3 is 0 Å². The zero-order chi connectivity index (χ0) is 22.5. The molecule has 2 bridgehead atoms. The number of anilines is 1. The van der Waals surface area contributed by atoms with E-state index in [2.05, 4.69) is 21.6 Å². The average Bonchev–Trinajstić information content (AvgIpc) is 2.76. The summed E-state index contributed by atoms with van der Waals surface area (Å²) in [6.45, 7) is 4.78. The van der Waals surface area contributed by atoms with Crippen molar-refractivity contribution in [3.63, 3.8) is 0 Å². The number of rotatable bonds is 4. The van der Waals surface area contributed by atoms with Crippen LogP contribution in [-0.4, -0.2) is 62.1 Å². The van der Waals surface area contributed by atoms with Crippen LogP contribution in [0, 0.1) is 11.7 Å². The molecule has 2 fully saturated rings. The lowest BCUT2D eigenvalue weighted by Gasteiger charge is -2.47. The number of hydrogen-bond acceptors (Lipinski definition) is 5. The Kier molecular flexibility index (Phi) is 5.59. The van der Waals surface area contributed by atoms with Crippen LogP contribution < -0.4 is 10.3 Å². The number of pyridine rings is 1. The number of benzene rings is 1. The normalized spacial score (nSPS) is 24.8. The molecule has 4 heterocycles. The molecule has 9 heteroatoms. The molecular formula is C23H29FN4O3S. The van der Waals surface area contributed by atoms with Crippen molar-refractivity contribution in [1.82, 2.24) is 14.4 Å². The molecule has 2 atom stereocenters. The Bertz CT molecular complexity index is 1170. The number of likely N-dealkylation sites (tertiary alicyclic amines) is 2. The highest BCUT2D eigenvalue weighted by Crippen LogP contribution is 2.37. The number of halogens is 1. The van der Waals surface area contributed by atoms with Crippen LogP contribution in [-0.2, 0) is 16.6 Å². The van der Waals surface area contributed by atoms with Crippen LogP contribution in [0.25, 0.3) is 0 Å². The van der Waals surface area contributed by atoms with Crippen LogP contribution in [0.15, 0.2) is 46.1 Å². The van der Waals surface area contributed by atoms with Gasteiger partial charge in [0.15, 0.2) is 0 Å². The van der Waals surface area contributed by atoms with Crippen LogP contribution in [0.3, 0.4) is 0 Å². The van der Waals surface area contributed by atoms with Gasteiger partial charge in [-0.25, -0.2) is 12.8 Å². The van der Waals surface area contributed by atoms with Gasteiger partial charge in [-0.05, 0) is 75.6 Å². The van der Waals surface area contributed by atoms with E-state index in [-0.39, 0.29) is 22.1 Å². The largest absolute Gasteiger partial charge is 0.310 e. The summed E-state index contributed by atoms with van der Waals surface area (Å²) in [5.74, 6) is 0.0226. The minimum Gasteiger partial charge on any atom is -0.310 e. The minimum absolute atomic E-state index is 0.00478. The Labute approximate surface area is 187 Å². The standard InChI is InChI=1S/C23H29FN4O3S/c1-26-9-7-19(8-10-26)27-13-16-11-17(15-27)22-6-5-21(23(29)28(22)14-16)25-32(30,31)20-4-2-3-18(24)12-20/h2-6,12,16-17,19,25H,7-11,13-15H2,1H3/t16-,17+/m0/s1. The van der Waals surface area contributed by atoms with Crippen molar-refractivity contribution in [2.24, 2.45) is 5.92 Å². The fourth-order valence-corrected chi connectivity index (χ4v) is 6.64. The fraction of sp³-hybridized carbons (Fsp3) is 0.522. The van der Waals surface area contributed by atoms with E-state index in [0.717, 1.165) is 44.4 Å². The lowest BCUT2D eigenvalue weighted by atomic mass is 9.82. The Morgan fingerprint density at radius 2 is 1.84 bits per heavy atom. The van der Waals surface area contributed by atoms with Crippen molar-refractivity contribution < 1.29 is 12.8 Å². The molecule has 5 rings (SSSR count). The van der Waals surface area contributed by atoms with E-state index < -0.39 is 15.8 Å². The lowest BCUT2D eigenvalue weighted by Crippen LogP contribution is -2.53. The van der Waals surface area contributed by atoms with E-state index in [1.54, 1.807) is 10.6 Å². The SMILES string of the molecule is CN1CCC(N2C[C@@H]3C[C@H](C2)c2ccc(NS(=O)(=O)c4cccc(F)c4)c(=O)n2C3)CC1. The van der Waals surface area contributed by atoms with Crippen molar-refractivity contribution in [3.8, 4) is 0 Å². The second-order valence-electron chi connectivity index (χ2n) is 9.44. The van der Waals surface area contributed by atoms with Gasteiger partial charge in [0.1, 0.15) is 11.5 Å². The summed E-state index contributed by atoms with van der Waals surface area (Å²) >= 11 is 0. The minimum atomic E-state index is -4.05. The maximum Gasteiger partial charge on any atom is 0.275 e. The summed E-state index contributed by atoms with van der Waals surface area (Å²) in [5.41, 5.74) is 0.660. The Balaban J connectivity index is 1.38. The molecule has 0 amide bonds. The van der Waals surface area contributed by atoms with Gasteiger partial charge in [-0.15, -0.1) is 0 Å². The average molecular weight is 461 g/mol. The van der Waals surface area contributed by atoms with Gasteiger partial charge in [-0.1, -0.05) is 6.07 Å². The Hall–Kier alpha value is -2.23. The number of nitrogens with one attached hydrogen (secondary N) is 1. The van der Waals surface area contributed by atoms with E-state index in [9.17, 15) is 17.6 Å². The number of aromatic nitrogens is 1. The summed E-state index contributed by atoms with van der Waals surface area (Å²) in [7, 11) is -1.88. The summed E-state index contributed by atoms with van der Waals surface area (Å²) < 4.78 is 43.0. The molecule has 0 aliphatic carbocycles. The van der Waals surface area contributed by atoms with Crippen LogP contribution in [0.4, 0.5) is 10.1 Å². The third-order valence-corrected chi connectivity index (χ3v) is 8.55. The zero-order valence-corrected chi connectivity index (χ0v) is 19.0. The number of fused-ring (bicyclic) bond motifs is 4. The second-order valence-corrected chi connectivity index (χ2v) is 11.1. The predicted molar refractivity (Wildman–Crippen MR) is 121 cm³/mol. The smallest absolute Gasteiger partial charge is 0.275 e. The molecule has 32 heavy (non-hydrogen) atoms. The summed E-state index contributed by atoms with van der Waals surface area (Å²) in [6.07, 6.45) is 3.43. The predicted octanol–water partition coefficient (Wildman–Crippen LogP) is 2.30. The summed E-state index contributed by atoms with van der Waals surface area (Å²) in [4.78, 5) is 18.0. The molecule has 2 aromatic rings. The molecule has 0 radical (unpaired) electrons. The molecular weight excluding hydrogens is 431 g/mol.